The first kappa shape index (κ1) is 14.1. The number of carbonyl (C=O) groups excluding carboxylic acids is 1. The van der Waals surface area contributed by atoms with Crippen molar-refractivity contribution in [3.8, 4) is 0 Å². The van der Waals surface area contributed by atoms with Gasteiger partial charge in [-0.3, -0.25) is 4.79 Å². The summed E-state index contributed by atoms with van der Waals surface area (Å²) in [5, 5.41) is 9.29. The van der Waals surface area contributed by atoms with E-state index in [2.05, 4.69) is 26.1 Å². The zero-order valence-corrected chi connectivity index (χ0v) is 12.0. The van der Waals surface area contributed by atoms with Crippen LogP contribution in [0, 0.1) is 0 Å². The summed E-state index contributed by atoms with van der Waals surface area (Å²) >= 11 is 1.37. The summed E-state index contributed by atoms with van der Waals surface area (Å²) in [6, 6.07) is 0. The smallest absolute Gasteiger partial charge is 0.316 e. The van der Waals surface area contributed by atoms with Crippen molar-refractivity contribution in [2.75, 3.05) is 12.9 Å². The first-order valence-corrected chi connectivity index (χ1v) is 7.48. The lowest BCUT2D eigenvalue weighted by molar-refractivity contribution is -0.137. The zero-order chi connectivity index (χ0) is 13.7. The Hall–Kier alpha value is -1.30. The molecule has 1 aromatic heterocycles. The minimum atomic E-state index is -0.249. The normalized spacial score (nSPS) is 15.6. The summed E-state index contributed by atoms with van der Waals surface area (Å²) in [5.41, 5.74) is 0. The maximum Gasteiger partial charge on any atom is 0.316 e. The molecule has 0 aliphatic heterocycles. The molecule has 0 unspecified atom stereocenters. The second kappa shape index (κ2) is 6.75. The Labute approximate surface area is 117 Å². The number of hydrogen-bond donors (Lipinski definition) is 0. The Morgan fingerprint density at radius 2 is 2.26 bits per heavy atom. The van der Waals surface area contributed by atoms with E-state index >= 15 is 0 Å². The van der Waals surface area contributed by atoms with Crippen molar-refractivity contribution < 1.29 is 9.53 Å². The van der Waals surface area contributed by atoms with E-state index in [0.29, 0.717) is 12.5 Å². The molecule has 1 saturated carbocycles. The molecule has 0 saturated heterocycles. The molecule has 0 amide bonds. The predicted octanol–water partition coefficient (Wildman–Crippen LogP) is 2.39. The molecule has 1 heterocycles. The molecule has 6 heteroatoms. The molecular formula is C13H19N3O2S. The molecule has 0 radical (unpaired) electrons. The van der Waals surface area contributed by atoms with Gasteiger partial charge in [-0.2, -0.15) is 0 Å². The standard InChI is InChI=1S/C13H19N3O2S/c1-3-8-16-12(10-6-4-5-7-10)14-15-13(16)19-9-11(17)18-2/h3,10H,1,4-9H2,2H3. The van der Waals surface area contributed by atoms with Crippen LogP contribution in [0.5, 0.6) is 0 Å². The molecule has 104 valence electrons. The second-order valence-corrected chi connectivity index (χ2v) is 5.53. The van der Waals surface area contributed by atoms with E-state index in [1.165, 1.54) is 44.6 Å². The van der Waals surface area contributed by atoms with Crippen molar-refractivity contribution in [3.63, 3.8) is 0 Å². The monoisotopic (exact) mass is 281 g/mol. The van der Waals surface area contributed by atoms with Gasteiger partial charge < -0.3 is 9.30 Å². The van der Waals surface area contributed by atoms with Gasteiger partial charge in [0.05, 0.1) is 12.9 Å². The Bertz CT molecular complexity index is 453. The topological polar surface area (TPSA) is 57.0 Å². The third-order valence-electron chi connectivity index (χ3n) is 3.32. The van der Waals surface area contributed by atoms with E-state index < -0.39 is 0 Å². The highest BCUT2D eigenvalue weighted by atomic mass is 32.2. The molecule has 1 fully saturated rings. The fourth-order valence-corrected chi connectivity index (χ4v) is 3.16. The molecule has 0 spiro atoms. The SMILES string of the molecule is C=CCn1c(SCC(=O)OC)nnc1C1CCCC1. The van der Waals surface area contributed by atoms with E-state index in [1.807, 2.05) is 6.08 Å². The van der Waals surface area contributed by atoms with Crippen molar-refractivity contribution in [2.45, 2.75) is 43.3 Å². The first-order chi connectivity index (χ1) is 9.26. The molecule has 5 nitrogen and oxygen atoms in total. The minimum Gasteiger partial charge on any atom is -0.468 e. The average Bonchev–Trinajstić information content (AvgIpc) is 3.05. The van der Waals surface area contributed by atoms with Crippen LogP contribution in [0.2, 0.25) is 0 Å². The average molecular weight is 281 g/mol. The molecule has 2 rings (SSSR count). The lowest BCUT2D eigenvalue weighted by atomic mass is 10.1. The van der Waals surface area contributed by atoms with Crippen LogP contribution in [0.25, 0.3) is 0 Å². The number of esters is 1. The Balaban J connectivity index is 2.13. The highest BCUT2D eigenvalue weighted by Crippen LogP contribution is 2.34. The summed E-state index contributed by atoms with van der Waals surface area (Å²) in [4.78, 5) is 11.2. The maximum atomic E-state index is 11.2. The number of ether oxygens (including phenoxy) is 1. The molecule has 0 N–H and O–H groups in total. The van der Waals surface area contributed by atoms with E-state index in [0.717, 1.165) is 11.0 Å². The summed E-state index contributed by atoms with van der Waals surface area (Å²) in [6.45, 7) is 4.46. The van der Waals surface area contributed by atoms with Crippen molar-refractivity contribution in [1.29, 1.82) is 0 Å². The van der Waals surface area contributed by atoms with Crippen LogP contribution in [0.15, 0.2) is 17.8 Å². The molecular weight excluding hydrogens is 262 g/mol. The van der Waals surface area contributed by atoms with Gasteiger partial charge in [0.2, 0.25) is 0 Å². The third kappa shape index (κ3) is 3.37. The fourth-order valence-electron chi connectivity index (χ4n) is 2.38. The van der Waals surface area contributed by atoms with Crippen LogP contribution in [0.4, 0.5) is 0 Å². The molecule has 0 aromatic carbocycles. The Kier molecular flexibility index (Phi) is 5.01. The van der Waals surface area contributed by atoms with Gasteiger partial charge in [0, 0.05) is 12.5 Å². The first-order valence-electron chi connectivity index (χ1n) is 6.50. The van der Waals surface area contributed by atoms with Crippen molar-refractivity contribution in [1.82, 2.24) is 14.8 Å². The van der Waals surface area contributed by atoms with E-state index in [9.17, 15) is 4.79 Å². The lowest BCUT2D eigenvalue weighted by Gasteiger charge is -2.11. The second-order valence-electron chi connectivity index (χ2n) is 4.59. The molecule has 1 aliphatic rings. The van der Waals surface area contributed by atoms with Gasteiger partial charge in [-0.15, -0.1) is 16.8 Å². The summed E-state index contributed by atoms with van der Waals surface area (Å²) < 4.78 is 6.71. The number of thioether (sulfide) groups is 1. The van der Waals surface area contributed by atoms with E-state index in [4.69, 9.17) is 0 Å². The van der Waals surface area contributed by atoms with Crippen molar-refractivity contribution in [2.24, 2.45) is 0 Å². The van der Waals surface area contributed by atoms with Gasteiger partial charge in [-0.1, -0.05) is 30.7 Å². The summed E-state index contributed by atoms with van der Waals surface area (Å²) in [5.74, 6) is 1.54. The predicted molar refractivity (Wildman–Crippen MR) is 74.2 cm³/mol. The largest absolute Gasteiger partial charge is 0.468 e. The van der Waals surface area contributed by atoms with E-state index in [1.54, 1.807) is 0 Å². The third-order valence-corrected chi connectivity index (χ3v) is 4.26. The minimum absolute atomic E-state index is 0.249. The molecule has 1 aromatic rings. The van der Waals surface area contributed by atoms with Gasteiger partial charge in [0.15, 0.2) is 5.16 Å². The zero-order valence-electron chi connectivity index (χ0n) is 11.2. The molecule has 1 aliphatic carbocycles. The van der Waals surface area contributed by atoms with Crippen LogP contribution >= 0.6 is 11.8 Å². The quantitative estimate of drug-likeness (QED) is 0.455. The van der Waals surface area contributed by atoms with Gasteiger partial charge in [-0.05, 0) is 12.8 Å². The highest BCUT2D eigenvalue weighted by Gasteiger charge is 2.24. The summed E-state index contributed by atoms with van der Waals surface area (Å²) in [7, 11) is 1.39. The number of carbonyl (C=O) groups is 1. The number of methoxy groups -OCH3 is 1. The number of hydrogen-bond acceptors (Lipinski definition) is 5. The van der Waals surface area contributed by atoms with Crippen LogP contribution in [0.1, 0.15) is 37.4 Å². The van der Waals surface area contributed by atoms with Crippen LogP contribution in [-0.4, -0.2) is 33.6 Å². The Morgan fingerprint density at radius 3 is 2.89 bits per heavy atom. The van der Waals surface area contributed by atoms with Crippen LogP contribution in [0.3, 0.4) is 0 Å². The molecule has 0 atom stereocenters. The van der Waals surface area contributed by atoms with Crippen LogP contribution in [-0.2, 0) is 16.1 Å². The van der Waals surface area contributed by atoms with Gasteiger partial charge in [0.25, 0.3) is 0 Å². The van der Waals surface area contributed by atoms with Gasteiger partial charge >= 0.3 is 5.97 Å². The van der Waals surface area contributed by atoms with Crippen LogP contribution < -0.4 is 0 Å². The lowest BCUT2D eigenvalue weighted by Crippen LogP contribution is -2.09. The summed E-state index contributed by atoms with van der Waals surface area (Å²) in [6.07, 6.45) is 6.71. The number of nitrogens with zero attached hydrogens (tertiary/aromatic N) is 3. The number of rotatable bonds is 6. The number of allylic oxidation sites excluding steroid dienone is 1. The van der Waals surface area contributed by atoms with Crippen molar-refractivity contribution in [3.05, 3.63) is 18.5 Å². The fraction of sp³-hybridized carbons (Fsp3) is 0.615. The number of aromatic nitrogens is 3. The van der Waals surface area contributed by atoms with Crippen molar-refractivity contribution >= 4 is 17.7 Å². The molecule has 19 heavy (non-hydrogen) atoms. The van der Waals surface area contributed by atoms with Gasteiger partial charge in [-0.25, -0.2) is 0 Å². The highest BCUT2D eigenvalue weighted by molar-refractivity contribution is 7.99. The van der Waals surface area contributed by atoms with Gasteiger partial charge in [0.1, 0.15) is 5.82 Å². The van der Waals surface area contributed by atoms with E-state index in [-0.39, 0.29) is 11.7 Å². The molecule has 0 bridgehead atoms. The Morgan fingerprint density at radius 1 is 1.53 bits per heavy atom. The maximum absolute atomic E-state index is 11.2.